The van der Waals surface area contributed by atoms with Gasteiger partial charge in [0.15, 0.2) is 5.60 Å². The van der Waals surface area contributed by atoms with Crippen LogP contribution in [0.25, 0.3) is 11.3 Å². The van der Waals surface area contributed by atoms with Gasteiger partial charge in [-0.3, -0.25) is 4.68 Å². The van der Waals surface area contributed by atoms with Crippen LogP contribution in [0.3, 0.4) is 0 Å². The molecule has 124 valence electrons. The molecule has 1 aromatic carbocycles. The first kappa shape index (κ1) is 15.0. The monoisotopic (exact) mass is 326 g/mol. The van der Waals surface area contributed by atoms with Crippen molar-refractivity contribution >= 4 is 0 Å². The molecule has 1 fully saturated rings. The maximum absolute atomic E-state index is 5.79. The SMILES string of the molecule is COC1(c2nnc(Cn3ccc(-c4ccccc4)n3)o2)CCOC1. The third-order valence-electron chi connectivity index (χ3n) is 4.24. The van der Waals surface area contributed by atoms with Crippen LogP contribution in [0.5, 0.6) is 0 Å². The summed E-state index contributed by atoms with van der Waals surface area (Å²) < 4.78 is 18.6. The fourth-order valence-electron chi connectivity index (χ4n) is 2.82. The van der Waals surface area contributed by atoms with Gasteiger partial charge >= 0.3 is 0 Å². The van der Waals surface area contributed by atoms with Crippen LogP contribution in [0.2, 0.25) is 0 Å². The van der Waals surface area contributed by atoms with Crippen LogP contribution in [0.1, 0.15) is 18.2 Å². The highest BCUT2D eigenvalue weighted by Crippen LogP contribution is 2.32. The predicted octanol–water partition coefficient (Wildman–Crippen LogP) is 2.24. The summed E-state index contributed by atoms with van der Waals surface area (Å²) in [4.78, 5) is 0. The Labute approximate surface area is 139 Å². The van der Waals surface area contributed by atoms with Gasteiger partial charge < -0.3 is 13.9 Å². The van der Waals surface area contributed by atoms with Crippen molar-refractivity contribution in [3.8, 4) is 11.3 Å². The van der Waals surface area contributed by atoms with Crippen LogP contribution in [0.4, 0.5) is 0 Å². The van der Waals surface area contributed by atoms with Gasteiger partial charge in [0.25, 0.3) is 5.89 Å². The van der Waals surface area contributed by atoms with E-state index in [1.807, 2.05) is 42.6 Å². The number of hydrogen-bond acceptors (Lipinski definition) is 6. The minimum absolute atomic E-state index is 0.417. The third-order valence-corrected chi connectivity index (χ3v) is 4.24. The van der Waals surface area contributed by atoms with Crippen molar-refractivity contribution in [1.82, 2.24) is 20.0 Å². The first-order valence-electron chi connectivity index (χ1n) is 7.84. The largest absolute Gasteiger partial charge is 0.420 e. The van der Waals surface area contributed by atoms with E-state index >= 15 is 0 Å². The van der Waals surface area contributed by atoms with Gasteiger partial charge in [-0.2, -0.15) is 5.10 Å². The number of hydrogen-bond donors (Lipinski definition) is 0. The van der Waals surface area contributed by atoms with Crippen molar-refractivity contribution in [2.45, 2.75) is 18.6 Å². The molecule has 1 saturated heterocycles. The van der Waals surface area contributed by atoms with E-state index in [0.717, 1.165) is 11.3 Å². The molecule has 0 saturated carbocycles. The second-order valence-electron chi connectivity index (χ2n) is 5.77. The molecule has 3 aromatic rings. The molecule has 24 heavy (non-hydrogen) atoms. The van der Waals surface area contributed by atoms with Crippen LogP contribution in [0.15, 0.2) is 47.0 Å². The summed E-state index contributed by atoms with van der Waals surface area (Å²) in [5.41, 5.74) is 1.36. The molecule has 7 heteroatoms. The lowest BCUT2D eigenvalue weighted by Gasteiger charge is -2.20. The number of rotatable bonds is 5. The first-order chi connectivity index (χ1) is 11.8. The summed E-state index contributed by atoms with van der Waals surface area (Å²) in [6.45, 7) is 1.48. The molecule has 2 aromatic heterocycles. The molecule has 0 spiro atoms. The van der Waals surface area contributed by atoms with Crippen molar-refractivity contribution in [2.75, 3.05) is 20.3 Å². The topological polar surface area (TPSA) is 75.2 Å². The van der Waals surface area contributed by atoms with Crippen molar-refractivity contribution in [1.29, 1.82) is 0 Å². The normalized spacial score (nSPS) is 20.5. The molecule has 0 amide bonds. The molecule has 0 radical (unpaired) electrons. The summed E-state index contributed by atoms with van der Waals surface area (Å²) in [6.07, 6.45) is 2.61. The zero-order chi connectivity index (χ0) is 16.4. The van der Waals surface area contributed by atoms with Gasteiger partial charge in [0.05, 0.1) is 18.9 Å². The van der Waals surface area contributed by atoms with Gasteiger partial charge in [0, 0.05) is 25.3 Å². The third kappa shape index (κ3) is 2.72. The average molecular weight is 326 g/mol. The minimum Gasteiger partial charge on any atom is -0.420 e. The zero-order valence-electron chi connectivity index (χ0n) is 13.4. The van der Waals surface area contributed by atoms with E-state index < -0.39 is 5.60 Å². The van der Waals surface area contributed by atoms with Crippen LogP contribution in [-0.4, -0.2) is 40.3 Å². The Bertz CT molecular complexity index is 806. The molecule has 4 rings (SSSR count). The first-order valence-corrected chi connectivity index (χ1v) is 7.84. The number of aromatic nitrogens is 4. The van der Waals surface area contributed by atoms with Gasteiger partial charge in [-0.1, -0.05) is 30.3 Å². The van der Waals surface area contributed by atoms with Crippen LogP contribution >= 0.6 is 0 Å². The molecule has 7 nitrogen and oxygen atoms in total. The van der Waals surface area contributed by atoms with Crippen molar-refractivity contribution in [3.05, 3.63) is 54.4 Å². The van der Waals surface area contributed by atoms with E-state index in [4.69, 9.17) is 13.9 Å². The molecule has 0 aliphatic carbocycles. The predicted molar refractivity (Wildman–Crippen MR) is 85.2 cm³/mol. The fraction of sp³-hybridized carbons (Fsp3) is 0.353. The van der Waals surface area contributed by atoms with E-state index in [2.05, 4.69) is 15.3 Å². The smallest absolute Gasteiger partial charge is 0.250 e. The zero-order valence-corrected chi connectivity index (χ0v) is 13.4. The van der Waals surface area contributed by atoms with E-state index in [1.54, 1.807) is 11.8 Å². The lowest BCUT2D eigenvalue weighted by molar-refractivity contribution is -0.0417. The number of ether oxygens (including phenoxy) is 2. The molecule has 1 aliphatic heterocycles. The number of nitrogens with zero attached hydrogens (tertiary/aromatic N) is 4. The van der Waals surface area contributed by atoms with Crippen LogP contribution in [-0.2, 0) is 21.6 Å². The van der Waals surface area contributed by atoms with E-state index in [1.165, 1.54) is 0 Å². The Balaban J connectivity index is 1.52. The Morgan fingerprint density at radius 1 is 1.21 bits per heavy atom. The van der Waals surface area contributed by atoms with Crippen molar-refractivity contribution < 1.29 is 13.9 Å². The standard InChI is InChI=1S/C17H18N4O3/c1-22-17(8-10-23-12-17)16-19-18-15(24-16)11-21-9-7-14(20-21)13-5-3-2-4-6-13/h2-7,9H,8,10-12H2,1H3. The molecule has 0 N–H and O–H groups in total. The molecule has 1 unspecified atom stereocenters. The highest BCUT2D eigenvalue weighted by Gasteiger charge is 2.42. The van der Waals surface area contributed by atoms with Crippen molar-refractivity contribution in [2.24, 2.45) is 0 Å². The number of benzene rings is 1. The summed E-state index contributed by atoms with van der Waals surface area (Å²) in [6, 6.07) is 12.0. The molecular formula is C17H18N4O3. The van der Waals surface area contributed by atoms with Gasteiger partial charge in [-0.15, -0.1) is 10.2 Å². The summed E-state index contributed by atoms with van der Waals surface area (Å²) in [7, 11) is 1.64. The lowest BCUT2D eigenvalue weighted by atomic mass is 10.0. The number of methoxy groups -OCH3 is 1. The highest BCUT2D eigenvalue weighted by molar-refractivity contribution is 5.57. The van der Waals surface area contributed by atoms with Crippen LogP contribution < -0.4 is 0 Å². The Kier molecular flexibility index (Phi) is 3.87. The molecule has 1 aliphatic rings. The average Bonchev–Trinajstić information content (AvgIpc) is 3.37. The maximum Gasteiger partial charge on any atom is 0.250 e. The molecular weight excluding hydrogens is 308 g/mol. The Hall–Kier alpha value is -2.51. The maximum atomic E-state index is 5.79. The van der Waals surface area contributed by atoms with E-state index in [-0.39, 0.29) is 0 Å². The van der Waals surface area contributed by atoms with Gasteiger partial charge in [0.1, 0.15) is 6.54 Å². The summed E-state index contributed by atoms with van der Waals surface area (Å²) >= 11 is 0. The van der Waals surface area contributed by atoms with Gasteiger partial charge in [0.2, 0.25) is 5.89 Å². The van der Waals surface area contributed by atoms with Gasteiger partial charge in [-0.05, 0) is 6.07 Å². The summed E-state index contributed by atoms with van der Waals surface area (Å²) in [5, 5.41) is 12.8. The highest BCUT2D eigenvalue weighted by atomic mass is 16.6. The van der Waals surface area contributed by atoms with Crippen molar-refractivity contribution in [3.63, 3.8) is 0 Å². The molecule has 0 bridgehead atoms. The van der Waals surface area contributed by atoms with Crippen LogP contribution in [0, 0.1) is 0 Å². The minimum atomic E-state index is -0.620. The van der Waals surface area contributed by atoms with E-state index in [9.17, 15) is 0 Å². The van der Waals surface area contributed by atoms with Gasteiger partial charge in [-0.25, -0.2) is 0 Å². The van der Waals surface area contributed by atoms with E-state index in [0.29, 0.717) is 38.0 Å². The summed E-state index contributed by atoms with van der Waals surface area (Å²) in [5.74, 6) is 0.962. The molecule has 3 heterocycles. The fourth-order valence-corrected chi connectivity index (χ4v) is 2.82. The molecule has 1 atom stereocenters. The lowest BCUT2D eigenvalue weighted by Crippen LogP contribution is -2.29. The second kappa shape index (κ2) is 6.18. The Morgan fingerprint density at radius 2 is 2.08 bits per heavy atom. The Morgan fingerprint density at radius 3 is 2.83 bits per heavy atom. The quantitative estimate of drug-likeness (QED) is 0.716. The second-order valence-corrected chi connectivity index (χ2v) is 5.77.